The predicted molar refractivity (Wildman–Crippen MR) is 73.6 cm³/mol. The maximum absolute atomic E-state index is 5.67. The van der Waals surface area contributed by atoms with Gasteiger partial charge >= 0.3 is 0 Å². The molecule has 2 atom stereocenters. The van der Waals surface area contributed by atoms with E-state index in [-0.39, 0.29) is 6.04 Å². The number of hydrogen-bond donors (Lipinski definition) is 2. The zero-order chi connectivity index (χ0) is 13.5. The Kier molecular flexibility index (Phi) is 5.57. The molecule has 5 nitrogen and oxygen atoms in total. The van der Waals surface area contributed by atoms with Gasteiger partial charge in [-0.2, -0.15) is 0 Å². The van der Waals surface area contributed by atoms with Crippen LogP contribution in [0.2, 0.25) is 0 Å². The van der Waals surface area contributed by atoms with Crippen molar-refractivity contribution in [3.63, 3.8) is 0 Å². The molecule has 0 saturated carbocycles. The van der Waals surface area contributed by atoms with Gasteiger partial charge in [-0.25, -0.2) is 0 Å². The highest BCUT2D eigenvalue weighted by atomic mass is 16.5. The third kappa shape index (κ3) is 4.16. The SMILES string of the molecule is CCCOc1cncc(C(CC2CCOC2)NN)c1. The van der Waals surface area contributed by atoms with Gasteiger partial charge in [-0.05, 0) is 36.8 Å². The zero-order valence-corrected chi connectivity index (χ0v) is 11.5. The monoisotopic (exact) mass is 265 g/mol. The van der Waals surface area contributed by atoms with Gasteiger partial charge in [0, 0.05) is 25.5 Å². The summed E-state index contributed by atoms with van der Waals surface area (Å²) in [6.45, 7) is 4.49. The summed E-state index contributed by atoms with van der Waals surface area (Å²) < 4.78 is 11.0. The number of nitrogens with zero attached hydrogens (tertiary/aromatic N) is 1. The van der Waals surface area contributed by atoms with Gasteiger partial charge in [0.25, 0.3) is 0 Å². The molecule has 0 spiro atoms. The van der Waals surface area contributed by atoms with E-state index in [2.05, 4.69) is 17.3 Å². The van der Waals surface area contributed by atoms with Crippen molar-refractivity contribution in [2.45, 2.75) is 32.2 Å². The van der Waals surface area contributed by atoms with E-state index >= 15 is 0 Å². The first-order chi connectivity index (χ1) is 9.33. The maximum Gasteiger partial charge on any atom is 0.137 e. The molecular formula is C14H23N3O2. The van der Waals surface area contributed by atoms with Crippen LogP contribution >= 0.6 is 0 Å². The molecule has 1 fully saturated rings. The quantitative estimate of drug-likeness (QED) is 0.581. The molecule has 2 rings (SSSR count). The van der Waals surface area contributed by atoms with Crippen molar-refractivity contribution in [3.8, 4) is 5.75 Å². The van der Waals surface area contributed by atoms with Gasteiger partial charge in [0.15, 0.2) is 0 Å². The fraction of sp³-hybridized carbons (Fsp3) is 0.643. The normalized spacial score (nSPS) is 20.4. The lowest BCUT2D eigenvalue weighted by atomic mass is 9.95. The number of aromatic nitrogens is 1. The van der Waals surface area contributed by atoms with Gasteiger partial charge in [0.1, 0.15) is 5.75 Å². The first kappa shape index (κ1) is 14.2. The van der Waals surface area contributed by atoms with E-state index in [0.717, 1.165) is 43.8 Å². The number of rotatable bonds is 7. The van der Waals surface area contributed by atoms with Gasteiger partial charge in [0.2, 0.25) is 0 Å². The molecular weight excluding hydrogens is 242 g/mol. The fourth-order valence-electron chi connectivity index (χ4n) is 2.33. The van der Waals surface area contributed by atoms with Crippen LogP contribution in [0.5, 0.6) is 5.75 Å². The third-order valence-electron chi connectivity index (χ3n) is 3.40. The number of hydrazine groups is 1. The second-order valence-corrected chi connectivity index (χ2v) is 4.99. The van der Waals surface area contributed by atoms with E-state index in [4.69, 9.17) is 15.3 Å². The lowest BCUT2D eigenvalue weighted by Gasteiger charge is -2.19. The van der Waals surface area contributed by atoms with Gasteiger partial charge in [0.05, 0.1) is 12.8 Å². The summed E-state index contributed by atoms with van der Waals surface area (Å²) in [7, 11) is 0. The Balaban J connectivity index is 2.00. The Bertz CT molecular complexity index is 381. The number of nitrogens with one attached hydrogen (secondary N) is 1. The largest absolute Gasteiger partial charge is 0.492 e. The van der Waals surface area contributed by atoms with Crippen LogP contribution in [0.4, 0.5) is 0 Å². The summed E-state index contributed by atoms with van der Waals surface area (Å²) in [4.78, 5) is 4.23. The second-order valence-electron chi connectivity index (χ2n) is 4.99. The Morgan fingerprint density at radius 2 is 2.47 bits per heavy atom. The van der Waals surface area contributed by atoms with E-state index in [1.54, 1.807) is 6.20 Å². The van der Waals surface area contributed by atoms with Gasteiger partial charge in [-0.1, -0.05) is 6.92 Å². The van der Waals surface area contributed by atoms with E-state index in [0.29, 0.717) is 12.5 Å². The van der Waals surface area contributed by atoms with Crippen molar-refractivity contribution in [2.75, 3.05) is 19.8 Å². The fourth-order valence-corrected chi connectivity index (χ4v) is 2.33. The van der Waals surface area contributed by atoms with Gasteiger partial charge < -0.3 is 9.47 Å². The minimum atomic E-state index is 0.101. The maximum atomic E-state index is 5.67. The predicted octanol–water partition coefficient (Wildman–Crippen LogP) is 1.80. The molecule has 0 aliphatic carbocycles. The van der Waals surface area contributed by atoms with Crippen molar-refractivity contribution < 1.29 is 9.47 Å². The second kappa shape index (κ2) is 7.43. The van der Waals surface area contributed by atoms with Gasteiger partial charge in [-0.3, -0.25) is 16.3 Å². The van der Waals surface area contributed by atoms with E-state index < -0.39 is 0 Å². The Morgan fingerprint density at radius 1 is 1.58 bits per heavy atom. The molecule has 1 saturated heterocycles. The molecule has 5 heteroatoms. The first-order valence-corrected chi connectivity index (χ1v) is 6.95. The molecule has 106 valence electrons. The molecule has 2 unspecified atom stereocenters. The summed E-state index contributed by atoms with van der Waals surface area (Å²) in [5, 5.41) is 0. The standard InChI is InChI=1S/C14H23N3O2/c1-2-4-19-13-7-12(8-16-9-13)14(17-15)6-11-3-5-18-10-11/h7-9,11,14,17H,2-6,10,15H2,1H3. The van der Waals surface area contributed by atoms with Crippen LogP contribution in [0.1, 0.15) is 37.8 Å². The molecule has 1 aromatic rings. The summed E-state index contributed by atoms with van der Waals surface area (Å²) >= 11 is 0. The molecule has 19 heavy (non-hydrogen) atoms. The van der Waals surface area contributed by atoms with Crippen molar-refractivity contribution in [3.05, 3.63) is 24.0 Å². The number of pyridine rings is 1. The van der Waals surface area contributed by atoms with Crippen LogP contribution in [0.25, 0.3) is 0 Å². The minimum absolute atomic E-state index is 0.101. The van der Waals surface area contributed by atoms with Crippen molar-refractivity contribution in [1.82, 2.24) is 10.4 Å². The van der Waals surface area contributed by atoms with Crippen molar-refractivity contribution >= 4 is 0 Å². The molecule has 0 amide bonds. The number of ether oxygens (including phenoxy) is 2. The highest BCUT2D eigenvalue weighted by Crippen LogP contribution is 2.27. The minimum Gasteiger partial charge on any atom is -0.492 e. The molecule has 0 radical (unpaired) electrons. The molecule has 2 heterocycles. The van der Waals surface area contributed by atoms with Crippen molar-refractivity contribution in [2.24, 2.45) is 11.8 Å². The zero-order valence-electron chi connectivity index (χ0n) is 11.5. The van der Waals surface area contributed by atoms with Gasteiger partial charge in [-0.15, -0.1) is 0 Å². The lowest BCUT2D eigenvalue weighted by molar-refractivity contribution is 0.181. The van der Waals surface area contributed by atoms with E-state index in [9.17, 15) is 0 Å². The molecule has 0 aromatic carbocycles. The third-order valence-corrected chi connectivity index (χ3v) is 3.40. The highest BCUT2D eigenvalue weighted by Gasteiger charge is 2.21. The Morgan fingerprint density at radius 3 is 3.16 bits per heavy atom. The number of nitrogens with two attached hydrogens (primary N) is 1. The van der Waals surface area contributed by atoms with Crippen LogP contribution in [0.15, 0.2) is 18.5 Å². The van der Waals surface area contributed by atoms with E-state index in [1.807, 2.05) is 12.3 Å². The Labute approximate surface area is 114 Å². The summed E-state index contributed by atoms with van der Waals surface area (Å²) in [6, 6.07) is 2.12. The Hall–Kier alpha value is -1.17. The van der Waals surface area contributed by atoms with Crippen LogP contribution in [0, 0.1) is 5.92 Å². The summed E-state index contributed by atoms with van der Waals surface area (Å²) in [5.41, 5.74) is 3.95. The summed E-state index contributed by atoms with van der Waals surface area (Å²) in [6.07, 6.45) is 6.65. The highest BCUT2D eigenvalue weighted by molar-refractivity contribution is 5.26. The van der Waals surface area contributed by atoms with Crippen LogP contribution in [0.3, 0.4) is 0 Å². The smallest absolute Gasteiger partial charge is 0.137 e. The molecule has 1 aromatic heterocycles. The molecule has 1 aliphatic heterocycles. The number of hydrogen-bond acceptors (Lipinski definition) is 5. The lowest BCUT2D eigenvalue weighted by Crippen LogP contribution is -2.30. The molecule has 0 bridgehead atoms. The average molecular weight is 265 g/mol. The first-order valence-electron chi connectivity index (χ1n) is 6.95. The van der Waals surface area contributed by atoms with E-state index in [1.165, 1.54) is 0 Å². The topological polar surface area (TPSA) is 69.4 Å². The molecule has 3 N–H and O–H groups in total. The molecule has 1 aliphatic rings. The summed E-state index contributed by atoms with van der Waals surface area (Å²) in [5.74, 6) is 7.05. The van der Waals surface area contributed by atoms with Crippen LogP contribution < -0.4 is 16.0 Å². The van der Waals surface area contributed by atoms with Crippen LogP contribution in [-0.4, -0.2) is 24.8 Å². The average Bonchev–Trinajstić information content (AvgIpc) is 2.96. The van der Waals surface area contributed by atoms with Crippen LogP contribution in [-0.2, 0) is 4.74 Å². The van der Waals surface area contributed by atoms with Crippen molar-refractivity contribution in [1.29, 1.82) is 0 Å².